The molecule has 2 amide bonds. The van der Waals surface area contributed by atoms with Crippen molar-refractivity contribution >= 4 is 23.2 Å². The maximum Gasteiger partial charge on any atom is 0.265 e. The third-order valence-corrected chi connectivity index (χ3v) is 8.06. The number of thiazole rings is 1. The molecule has 0 bridgehead atoms. The van der Waals surface area contributed by atoms with E-state index in [4.69, 9.17) is 4.74 Å². The zero-order chi connectivity index (χ0) is 24.9. The number of hydrogen-bond acceptors (Lipinski definition) is 5. The normalized spacial score (nSPS) is 15.0. The lowest BCUT2D eigenvalue weighted by Gasteiger charge is -2.34. The molecular formula is C28H33N3O3S. The van der Waals surface area contributed by atoms with Crippen molar-refractivity contribution < 1.29 is 14.3 Å². The summed E-state index contributed by atoms with van der Waals surface area (Å²) in [6.07, 6.45) is 1.65. The minimum atomic E-state index is -0.0937. The number of nitrogens with one attached hydrogen (secondary N) is 1. The van der Waals surface area contributed by atoms with Crippen LogP contribution in [0.3, 0.4) is 0 Å². The largest absolute Gasteiger partial charge is 0.497 e. The Kier molecular flexibility index (Phi) is 7.86. The highest BCUT2D eigenvalue weighted by molar-refractivity contribution is 7.17. The molecule has 0 spiro atoms. The molecule has 2 heterocycles. The number of rotatable bonds is 7. The van der Waals surface area contributed by atoms with E-state index >= 15 is 0 Å². The van der Waals surface area contributed by atoms with Crippen molar-refractivity contribution in [3.63, 3.8) is 0 Å². The molecular weight excluding hydrogens is 458 g/mol. The van der Waals surface area contributed by atoms with Gasteiger partial charge in [0.15, 0.2) is 0 Å². The number of aromatic nitrogens is 1. The fraction of sp³-hybridized carbons (Fsp3) is 0.393. The van der Waals surface area contributed by atoms with Gasteiger partial charge in [-0.3, -0.25) is 9.59 Å². The quantitative estimate of drug-likeness (QED) is 0.491. The molecule has 1 aliphatic heterocycles. The third kappa shape index (κ3) is 5.90. The molecule has 1 aromatic heterocycles. The Hall–Kier alpha value is -3.19. The average molecular weight is 492 g/mol. The van der Waals surface area contributed by atoms with Crippen molar-refractivity contribution in [1.82, 2.24) is 15.2 Å². The van der Waals surface area contributed by atoms with E-state index in [0.717, 1.165) is 40.4 Å². The number of carbonyl (C=O) groups excluding carboxylic acids is 2. The summed E-state index contributed by atoms with van der Waals surface area (Å²) in [5.41, 5.74) is 4.06. The highest BCUT2D eigenvalue weighted by Crippen LogP contribution is 2.31. The van der Waals surface area contributed by atoms with Crippen LogP contribution >= 0.6 is 11.3 Å². The van der Waals surface area contributed by atoms with Gasteiger partial charge in [-0.2, -0.15) is 0 Å². The molecule has 2 aromatic carbocycles. The fourth-order valence-corrected chi connectivity index (χ4v) is 5.51. The number of benzene rings is 2. The zero-order valence-corrected chi connectivity index (χ0v) is 21.7. The molecule has 4 rings (SSSR count). The molecule has 184 valence electrons. The molecule has 0 aliphatic carbocycles. The van der Waals surface area contributed by atoms with Gasteiger partial charge in [-0.05, 0) is 50.3 Å². The Morgan fingerprint density at radius 3 is 2.37 bits per heavy atom. The van der Waals surface area contributed by atoms with Crippen LogP contribution in [0.5, 0.6) is 5.75 Å². The van der Waals surface area contributed by atoms with Crippen molar-refractivity contribution in [3.8, 4) is 16.3 Å². The van der Waals surface area contributed by atoms with Gasteiger partial charge in [-0.25, -0.2) is 4.98 Å². The van der Waals surface area contributed by atoms with Crippen molar-refractivity contribution in [1.29, 1.82) is 0 Å². The second-order valence-electron chi connectivity index (χ2n) is 9.28. The van der Waals surface area contributed by atoms with Gasteiger partial charge < -0.3 is 15.0 Å². The summed E-state index contributed by atoms with van der Waals surface area (Å²) in [5.74, 6) is 1.08. The third-order valence-electron chi connectivity index (χ3n) is 6.86. The average Bonchev–Trinajstić information content (AvgIpc) is 3.28. The van der Waals surface area contributed by atoms with E-state index in [-0.39, 0.29) is 23.7 Å². The van der Waals surface area contributed by atoms with Crippen molar-refractivity contribution in [3.05, 3.63) is 70.2 Å². The Bertz CT molecular complexity index is 1160. The first kappa shape index (κ1) is 24.9. The number of aryl methyl sites for hydroxylation is 2. The van der Waals surface area contributed by atoms with Gasteiger partial charge in [-0.15, -0.1) is 11.3 Å². The van der Waals surface area contributed by atoms with Crippen LogP contribution in [0.1, 0.15) is 46.3 Å². The number of nitrogens with zero attached hydrogens (tertiary/aromatic N) is 2. The van der Waals surface area contributed by atoms with Crippen LogP contribution in [-0.2, 0) is 11.3 Å². The topological polar surface area (TPSA) is 71.5 Å². The lowest BCUT2D eigenvalue weighted by molar-refractivity contribution is -0.126. The number of amides is 2. The minimum absolute atomic E-state index is 0.0495. The monoisotopic (exact) mass is 491 g/mol. The van der Waals surface area contributed by atoms with Gasteiger partial charge >= 0.3 is 0 Å². The van der Waals surface area contributed by atoms with E-state index in [1.54, 1.807) is 7.11 Å². The molecule has 1 unspecified atom stereocenters. The van der Waals surface area contributed by atoms with Crippen molar-refractivity contribution in [2.45, 2.75) is 40.2 Å². The molecule has 7 heteroatoms. The summed E-state index contributed by atoms with van der Waals surface area (Å²) in [4.78, 5) is 33.3. The summed E-state index contributed by atoms with van der Waals surface area (Å²) in [6, 6.07) is 15.9. The standard InChI is InChI=1S/C28H33N3O3S/c1-18-5-9-23(10-6-18)27-30-20(3)25(35-27)28(33)31-15-13-22(14-16-31)19(2)26(32)29-17-21-7-11-24(34-4)12-8-21/h5-12,19,22H,13-17H2,1-4H3,(H,29,32). The summed E-state index contributed by atoms with van der Waals surface area (Å²) in [5, 5.41) is 3.93. The molecule has 1 atom stereocenters. The lowest BCUT2D eigenvalue weighted by atomic mass is 9.84. The number of piperidine rings is 1. The molecule has 35 heavy (non-hydrogen) atoms. The summed E-state index contributed by atoms with van der Waals surface area (Å²) in [7, 11) is 1.64. The fourth-order valence-electron chi connectivity index (χ4n) is 4.47. The molecule has 1 fully saturated rings. The van der Waals surface area contributed by atoms with Crippen LogP contribution in [0.4, 0.5) is 0 Å². The molecule has 1 aliphatic rings. The van der Waals surface area contributed by atoms with Crippen LogP contribution in [0, 0.1) is 25.7 Å². The van der Waals surface area contributed by atoms with Crippen LogP contribution in [0.2, 0.25) is 0 Å². The van der Waals surface area contributed by atoms with Crippen LogP contribution in [0.25, 0.3) is 10.6 Å². The van der Waals surface area contributed by atoms with E-state index in [1.807, 2.05) is 43.0 Å². The van der Waals surface area contributed by atoms with E-state index in [0.29, 0.717) is 24.5 Å². The Labute approximate surface area is 211 Å². The van der Waals surface area contributed by atoms with E-state index in [9.17, 15) is 9.59 Å². The summed E-state index contributed by atoms with van der Waals surface area (Å²) >= 11 is 1.46. The highest BCUT2D eigenvalue weighted by Gasteiger charge is 2.31. The number of carbonyl (C=O) groups is 2. The van der Waals surface area contributed by atoms with E-state index < -0.39 is 0 Å². The van der Waals surface area contributed by atoms with Crippen LogP contribution in [0.15, 0.2) is 48.5 Å². The van der Waals surface area contributed by atoms with Gasteiger partial charge in [0.1, 0.15) is 15.6 Å². The number of ether oxygens (including phenoxy) is 1. The summed E-state index contributed by atoms with van der Waals surface area (Å²) in [6.45, 7) is 7.78. The lowest BCUT2D eigenvalue weighted by Crippen LogP contribution is -2.42. The molecule has 1 N–H and O–H groups in total. The number of hydrogen-bond donors (Lipinski definition) is 1. The van der Waals surface area contributed by atoms with Gasteiger partial charge in [0, 0.05) is 31.1 Å². The first-order chi connectivity index (χ1) is 16.9. The predicted molar refractivity (Wildman–Crippen MR) is 140 cm³/mol. The Morgan fingerprint density at radius 1 is 1.09 bits per heavy atom. The Balaban J connectivity index is 1.30. The molecule has 3 aromatic rings. The minimum Gasteiger partial charge on any atom is -0.497 e. The SMILES string of the molecule is COc1ccc(CNC(=O)C(C)C2CCN(C(=O)c3sc(-c4ccc(C)cc4)nc3C)CC2)cc1. The maximum absolute atomic E-state index is 13.2. The maximum atomic E-state index is 13.2. The first-order valence-electron chi connectivity index (χ1n) is 12.1. The molecule has 0 radical (unpaired) electrons. The first-order valence-corrected chi connectivity index (χ1v) is 12.9. The zero-order valence-electron chi connectivity index (χ0n) is 20.8. The Morgan fingerprint density at radius 2 is 1.74 bits per heavy atom. The smallest absolute Gasteiger partial charge is 0.265 e. The number of methoxy groups -OCH3 is 1. The van der Waals surface area contributed by atoms with E-state index in [2.05, 4.69) is 41.5 Å². The molecule has 1 saturated heterocycles. The van der Waals surface area contributed by atoms with Crippen LogP contribution < -0.4 is 10.1 Å². The second-order valence-corrected chi connectivity index (χ2v) is 10.3. The van der Waals surface area contributed by atoms with Crippen molar-refractivity contribution in [2.75, 3.05) is 20.2 Å². The van der Waals surface area contributed by atoms with Gasteiger partial charge in [-0.1, -0.05) is 48.9 Å². The van der Waals surface area contributed by atoms with Gasteiger partial charge in [0.2, 0.25) is 5.91 Å². The van der Waals surface area contributed by atoms with E-state index in [1.165, 1.54) is 16.9 Å². The molecule has 6 nitrogen and oxygen atoms in total. The van der Waals surface area contributed by atoms with Crippen molar-refractivity contribution in [2.24, 2.45) is 11.8 Å². The number of likely N-dealkylation sites (tertiary alicyclic amines) is 1. The highest BCUT2D eigenvalue weighted by atomic mass is 32.1. The summed E-state index contributed by atoms with van der Waals surface area (Å²) < 4.78 is 5.18. The second kappa shape index (κ2) is 11.0. The van der Waals surface area contributed by atoms with Gasteiger partial charge in [0.05, 0.1) is 12.8 Å². The van der Waals surface area contributed by atoms with Crippen LogP contribution in [-0.4, -0.2) is 41.9 Å². The predicted octanol–water partition coefficient (Wildman–Crippen LogP) is 5.24. The van der Waals surface area contributed by atoms with Gasteiger partial charge in [0.25, 0.3) is 5.91 Å². The molecule has 0 saturated carbocycles.